The van der Waals surface area contributed by atoms with Gasteiger partial charge in [-0.25, -0.2) is 0 Å². The van der Waals surface area contributed by atoms with Crippen molar-refractivity contribution in [3.63, 3.8) is 0 Å². The van der Waals surface area contributed by atoms with Crippen LogP contribution in [0.25, 0.3) is 0 Å². The van der Waals surface area contributed by atoms with Crippen molar-refractivity contribution >= 4 is 12.6 Å². The van der Waals surface area contributed by atoms with Gasteiger partial charge in [0.05, 0.1) is 6.07 Å². The van der Waals surface area contributed by atoms with Gasteiger partial charge in [0.25, 0.3) is 0 Å². The van der Waals surface area contributed by atoms with E-state index in [0.29, 0.717) is 11.8 Å². The largest absolute Gasteiger partial charge is 0.305 e. The number of hydrogen-bond acceptors (Lipinski definition) is 3. The first-order valence-corrected chi connectivity index (χ1v) is 7.02. The van der Waals surface area contributed by atoms with Crippen molar-refractivity contribution in [1.82, 2.24) is 4.90 Å². The molecule has 1 aliphatic rings. The summed E-state index contributed by atoms with van der Waals surface area (Å²) >= 11 is 4.57. The smallest absolute Gasteiger partial charge is 0.0635 e. The Labute approximate surface area is 105 Å². The zero-order chi connectivity index (χ0) is 11.9. The van der Waals surface area contributed by atoms with Gasteiger partial charge in [0.1, 0.15) is 0 Å². The number of thiol groups is 1. The molecule has 0 atom stereocenters. The molecular formula is C13H24N2S. The van der Waals surface area contributed by atoms with E-state index in [1.165, 1.54) is 38.5 Å². The van der Waals surface area contributed by atoms with Gasteiger partial charge >= 0.3 is 0 Å². The highest BCUT2D eigenvalue weighted by atomic mass is 32.1. The van der Waals surface area contributed by atoms with Crippen molar-refractivity contribution in [2.45, 2.75) is 44.9 Å². The number of rotatable bonds is 5. The SMILES string of the molecule is CN(CCC#N)CC1(CS)CCCCCC1. The molecule has 0 aliphatic heterocycles. The Hall–Kier alpha value is -0.200. The second kappa shape index (κ2) is 7.19. The molecule has 3 heteroatoms. The highest BCUT2D eigenvalue weighted by Gasteiger charge is 2.30. The van der Waals surface area contributed by atoms with Crippen LogP contribution in [0.4, 0.5) is 0 Å². The van der Waals surface area contributed by atoms with E-state index in [2.05, 4.69) is 30.6 Å². The van der Waals surface area contributed by atoms with Crippen molar-refractivity contribution in [1.29, 1.82) is 5.26 Å². The molecule has 0 radical (unpaired) electrons. The highest BCUT2D eigenvalue weighted by Crippen LogP contribution is 2.36. The minimum absolute atomic E-state index is 0.407. The fraction of sp³-hybridized carbons (Fsp3) is 0.923. The van der Waals surface area contributed by atoms with E-state index >= 15 is 0 Å². The third kappa shape index (κ3) is 4.35. The molecular weight excluding hydrogens is 216 g/mol. The molecule has 0 aromatic rings. The van der Waals surface area contributed by atoms with Crippen molar-refractivity contribution in [3.05, 3.63) is 0 Å². The molecule has 0 heterocycles. The first-order valence-electron chi connectivity index (χ1n) is 6.39. The fourth-order valence-corrected chi connectivity index (χ4v) is 3.15. The standard InChI is InChI=1S/C13H24N2S/c1-15(10-6-9-14)11-13(12-16)7-4-2-3-5-8-13/h16H,2-8,10-12H2,1H3. The van der Waals surface area contributed by atoms with Gasteiger partial charge in [-0.1, -0.05) is 25.7 Å². The molecule has 16 heavy (non-hydrogen) atoms. The van der Waals surface area contributed by atoms with Crippen molar-refractivity contribution < 1.29 is 0 Å². The van der Waals surface area contributed by atoms with Crippen LogP contribution in [0, 0.1) is 16.7 Å². The summed E-state index contributed by atoms with van der Waals surface area (Å²) in [5.41, 5.74) is 0.407. The van der Waals surface area contributed by atoms with Crippen molar-refractivity contribution in [2.24, 2.45) is 5.41 Å². The lowest BCUT2D eigenvalue weighted by atomic mass is 9.82. The predicted octanol–water partition coefficient (Wildman–Crippen LogP) is 3.10. The molecule has 1 saturated carbocycles. The van der Waals surface area contributed by atoms with Gasteiger partial charge in [0.15, 0.2) is 0 Å². The lowest BCUT2D eigenvalue weighted by molar-refractivity contribution is 0.177. The maximum Gasteiger partial charge on any atom is 0.0635 e. The first-order chi connectivity index (χ1) is 7.72. The van der Waals surface area contributed by atoms with Gasteiger partial charge in [-0.3, -0.25) is 0 Å². The quantitative estimate of drug-likeness (QED) is 0.590. The Bertz CT molecular complexity index is 227. The molecule has 0 aromatic heterocycles. The molecule has 2 nitrogen and oxygen atoms in total. The Morgan fingerprint density at radius 3 is 2.38 bits per heavy atom. The fourth-order valence-electron chi connectivity index (χ4n) is 2.74. The van der Waals surface area contributed by atoms with Gasteiger partial charge < -0.3 is 4.90 Å². The summed E-state index contributed by atoms with van der Waals surface area (Å²) in [6.07, 6.45) is 8.74. The van der Waals surface area contributed by atoms with Crippen LogP contribution in [0.2, 0.25) is 0 Å². The minimum Gasteiger partial charge on any atom is -0.305 e. The van der Waals surface area contributed by atoms with Crippen LogP contribution < -0.4 is 0 Å². The van der Waals surface area contributed by atoms with Gasteiger partial charge in [-0.15, -0.1) is 0 Å². The maximum absolute atomic E-state index is 8.60. The lowest BCUT2D eigenvalue weighted by Gasteiger charge is -2.35. The Balaban J connectivity index is 2.47. The molecule has 0 N–H and O–H groups in total. The molecule has 92 valence electrons. The van der Waals surface area contributed by atoms with Crippen LogP contribution in [-0.2, 0) is 0 Å². The topological polar surface area (TPSA) is 27.0 Å². The van der Waals surface area contributed by atoms with Crippen molar-refractivity contribution in [3.8, 4) is 6.07 Å². The summed E-state index contributed by atoms with van der Waals surface area (Å²) in [4.78, 5) is 2.31. The number of hydrogen-bond donors (Lipinski definition) is 1. The third-order valence-electron chi connectivity index (χ3n) is 3.71. The van der Waals surface area contributed by atoms with Crippen LogP contribution >= 0.6 is 12.6 Å². The van der Waals surface area contributed by atoms with Crippen molar-refractivity contribution in [2.75, 3.05) is 25.9 Å². The lowest BCUT2D eigenvalue weighted by Crippen LogP contribution is -2.37. The molecule has 0 spiro atoms. The Morgan fingerprint density at radius 1 is 1.25 bits per heavy atom. The van der Waals surface area contributed by atoms with E-state index in [1.54, 1.807) is 0 Å². The van der Waals surface area contributed by atoms with Gasteiger partial charge in [0, 0.05) is 19.5 Å². The molecule has 0 amide bonds. The van der Waals surface area contributed by atoms with E-state index in [9.17, 15) is 0 Å². The highest BCUT2D eigenvalue weighted by molar-refractivity contribution is 7.80. The first kappa shape index (κ1) is 13.9. The van der Waals surface area contributed by atoms with E-state index in [4.69, 9.17) is 5.26 Å². The normalized spacial score (nSPS) is 20.4. The number of nitrogens with zero attached hydrogens (tertiary/aromatic N) is 2. The van der Waals surface area contributed by atoms with Crippen LogP contribution in [0.3, 0.4) is 0 Å². The third-order valence-corrected chi connectivity index (χ3v) is 4.38. The summed E-state index contributed by atoms with van der Waals surface area (Å²) in [6.45, 7) is 2.00. The molecule has 1 fully saturated rings. The molecule has 0 bridgehead atoms. The van der Waals surface area contributed by atoms with Gasteiger partial charge in [-0.2, -0.15) is 17.9 Å². The summed E-state index contributed by atoms with van der Waals surface area (Å²) in [5.74, 6) is 0.990. The second-order valence-electron chi connectivity index (χ2n) is 5.22. The molecule has 1 rings (SSSR count). The summed E-state index contributed by atoms with van der Waals surface area (Å²) in [5, 5.41) is 8.60. The van der Waals surface area contributed by atoms with E-state index in [-0.39, 0.29) is 0 Å². The average Bonchev–Trinajstić information content (AvgIpc) is 2.52. The van der Waals surface area contributed by atoms with Gasteiger partial charge in [0.2, 0.25) is 0 Å². The molecule has 1 aliphatic carbocycles. The second-order valence-corrected chi connectivity index (χ2v) is 5.53. The zero-order valence-electron chi connectivity index (χ0n) is 10.4. The Kier molecular flexibility index (Phi) is 6.23. The van der Waals surface area contributed by atoms with E-state index in [1.807, 2.05) is 0 Å². The van der Waals surface area contributed by atoms with Crippen LogP contribution in [0.5, 0.6) is 0 Å². The van der Waals surface area contributed by atoms with E-state index in [0.717, 1.165) is 18.8 Å². The van der Waals surface area contributed by atoms with E-state index < -0.39 is 0 Å². The zero-order valence-corrected chi connectivity index (χ0v) is 11.3. The summed E-state index contributed by atoms with van der Waals surface area (Å²) in [7, 11) is 2.13. The van der Waals surface area contributed by atoms with Crippen LogP contribution in [0.15, 0.2) is 0 Å². The summed E-state index contributed by atoms with van der Waals surface area (Å²) < 4.78 is 0. The summed E-state index contributed by atoms with van der Waals surface area (Å²) in [6, 6.07) is 2.22. The van der Waals surface area contributed by atoms with Crippen LogP contribution in [0.1, 0.15) is 44.9 Å². The monoisotopic (exact) mass is 240 g/mol. The predicted molar refractivity (Wildman–Crippen MR) is 71.7 cm³/mol. The molecule has 0 unspecified atom stereocenters. The minimum atomic E-state index is 0.407. The maximum atomic E-state index is 8.60. The average molecular weight is 240 g/mol. The number of nitriles is 1. The van der Waals surface area contributed by atoms with Gasteiger partial charge in [-0.05, 0) is 31.1 Å². The van der Waals surface area contributed by atoms with Crippen LogP contribution in [-0.4, -0.2) is 30.8 Å². The Morgan fingerprint density at radius 2 is 1.88 bits per heavy atom. The molecule has 0 aromatic carbocycles. The molecule has 0 saturated heterocycles.